The summed E-state index contributed by atoms with van der Waals surface area (Å²) in [6.45, 7) is 1.53. The molecule has 4 heterocycles. The van der Waals surface area contributed by atoms with Crippen molar-refractivity contribution >= 4 is 57.0 Å². The van der Waals surface area contributed by atoms with E-state index >= 15 is 0 Å². The Morgan fingerprint density at radius 2 is 2.16 bits per heavy atom. The van der Waals surface area contributed by atoms with Gasteiger partial charge in [-0.3, -0.25) is 20.1 Å². The van der Waals surface area contributed by atoms with Crippen molar-refractivity contribution in [2.24, 2.45) is 0 Å². The maximum atomic E-state index is 12.6. The van der Waals surface area contributed by atoms with Crippen molar-refractivity contribution in [2.45, 2.75) is 6.54 Å². The third-order valence-corrected chi connectivity index (χ3v) is 6.43. The molecule has 0 saturated carbocycles. The number of nitrogens with zero attached hydrogens (tertiary/aromatic N) is 3. The molecule has 0 radical (unpaired) electrons. The molecule has 0 atom stereocenters. The molecule has 3 N–H and O–H groups in total. The first-order valence-corrected chi connectivity index (χ1v) is 11.0. The number of ether oxygens (including phenoxy) is 1. The van der Waals surface area contributed by atoms with E-state index in [9.17, 15) is 9.90 Å². The van der Waals surface area contributed by atoms with Gasteiger partial charge in [0.05, 0.1) is 39.6 Å². The largest absolute Gasteiger partial charge is 0.494 e. The molecule has 0 bridgehead atoms. The summed E-state index contributed by atoms with van der Waals surface area (Å²) in [5, 5.41) is 22.8. The van der Waals surface area contributed by atoms with E-state index in [1.165, 1.54) is 11.3 Å². The highest BCUT2D eigenvalue weighted by atomic mass is 35.5. The van der Waals surface area contributed by atoms with Gasteiger partial charge in [-0.15, -0.1) is 11.3 Å². The first-order chi connectivity index (χ1) is 15.5. The monoisotopic (exact) mass is 467 g/mol. The molecule has 1 amide bonds. The lowest BCUT2D eigenvalue weighted by Gasteiger charge is -2.16. The number of pyridine rings is 1. The highest BCUT2D eigenvalue weighted by Crippen LogP contribution is 2.33. The number of hydrogen-bond donors (Lipinski definition) is 3. The minimum absolute atomic E-state index is 0.0606. The molecule has 1 saturated heterocycles. The van der Waals surface area contributed by atoms with Crippen molar-refractivity contribution in [3.8, 4) is 5.88 Å². The van der Waals surface area contributed by atoms with Gasteiger partial charge in [0.15, 0.2) is 0 Å². The zero-order valence-electron chi connectivity index (χ0n) is 16.7. The van der Waals surface area contributed by atoms with Crippen LogP contribution in [0.1, 0.15) is 15.2 Å². The number of rotatable bonds is 5. The van der Waals surface area contributed by atoms with Gasteiger partial charge in [0.25, 0.3) is 11.9 Å². The SMILES string of the molecule is N=C1OCCN1c1cccc(Cn2cc3c(NC(=O)c4ccc(Cl)s4)cncc3c2O)c1. The molecule has 1 aromatic carbocycles. The summed E-state index contributed by atoms with van der Waals surface area (Å²) in [6.07, 6.45) is 4.91. The smallest absolute Gasteiger partial charge is 0.289 e. The molecule has 1 aliphatic rings. The van der Waals surface area contributed by atoms with Crippen molar-refractivity contribution in [1.29, 1.82) is 5.41 Å². The number of carbonyl (C=O) groups excluding carboxylic acids is 1. The number of aromatic nitrogens is 2. The van der Waals surface area contributed by atoms with Gasteiger partial charge < -0.3 is 19.7 Å². The molecule has 1 fully saturated rings. The van der Waals surface area contributed by atoms with Gasteiger partial charge in [-0.2, -0.15) is 0 Å². The zero-order valence-corrected chi connectivity index (χ0v) is 18.3. The maximum Gasteiger partial charge on any atom is 0.289 e. The summed E-state index contributed by atoms with van der Waals surface area (Å²) in [7, 11) is 0. The normalized spacial score (nSPS) is 13.5. The van der Waals surface area contributed by atoms with Crippen molar-refractivity contribution in [2.75, 3.05) is 23.4 Å². The molecule has 4 aromatic rings. The van der Waals surface area contributed by atoms with Crippen LogP contribution in [0, 0.1) is 5.41 Å². The van der Waals surface area contributed by atoms with Gasteiger partial charge in [-0.25, -0.2) is 0 Å². The summed E-state index contributed by atoms with van der Waals surface area (Å²) in [5.41, 5.74) is 2.32. The van der Waals surface area contributed by atoms with Crippen molar-refractivity contribution in [3.63, 3.8) is 0 Å². The molecule has 0 unspecified atom stereocenters. The van der Waals surface area contributed by atoms with Gasteiger partial charge in [0.2, 0.25) is 5.88 Å². The van der Waals surface area contributed by atoms with E-state index in [2.05, 4.69) is 10.3 Å². The third-order valence-electron chi connectivity index (χ3n) is 5.20. The Bertz CT molecular complexity index is 1350. The Kier molecular flexibility index (Phi) is 5.20. The van der Waals surface area contributed by atoms with Crippen LogP contribution in [0.4, 0.5) is 11.4 Å². The first-order valence-electron chi connectivity index (χ1n) is 9.80. The Hall–Kier alpha value is -3.56. The Labute approximate surface area is 192 Å². The molecular formula is C22H18ClN5O3S. The lowest BCUT2D eigenvalue weighted by atomic mass is 10.2. The van der Waals surface area contributed by atoms with E-state index in [1.807, 2.05) is 24.3 Å². The minimum Gasteiger partial charge on any atom is -0.494 e. The van der Waals surface area contributed by atoms with Gasteiger partial charge in [-0.1, -0.05) is 23.7 Å². The number of thiophene rings is 1. The summed E-state index contributed by atoms with van der Waals surface area (Å²) in [4.78, 5) is 19.0. The number of hydrogen-bond acceptors (Lipinski definition) is 6. The number of carbonyl (C=O) groups is 1. The molecule has 3 aromatic heterocycles. The van der Waals surface area contributed by atoms with Gasteiger partial charge >= 0.3 is 0 Å². The molecule has 0 spiro atoms. The molecule has 5 rings (SSSR count). The Balaban J connectivity index is 1.43. The average Bonchev–Trinajstić information content (AvgIpc) is 3.49. The van der Waals surface area contributed by atoms with E-state index in [4.69, 9.17) is 21.7 Å². The second-order valence-corrected chi connectivity index (χ2v) is 8.98. The third kappa shape index (κ3) is 3.76. The van der Waals surface area contributed by atoms with E-state index < -0.39 is 0 Å². The maximum absolute atomic E-state index is 12.6. The van der Waals surface area contributed by atoms with Crippen LogP contribution in [0.2, 0.25) is 4.34 Å². The van der Waals surface area contributed by atoms with E-state index in [-0.39, 0.29) is 17.8 Å². The number of aromatic hydroxyl groups is 1. The molecule has 8 nitrogen and oxygen atoms in total. The van der Waals surface area contributed by atoms with Crippen molar-refractivity contribution in [3.05, 3.63) is 69.8 Å². The average molecular weight is 468 g/mol. The Morgan fingerprint density at radius 3 is 2.91 bits per heavy atom. The summed E-state index contributed by atoms with van der Waals surface area (Å²) in [5.74, 6) is -0.225. The fourth-order valence-electron chi connectivity index (χ4n) is 3.68. The standard InChI is InChI=1S/C22H18ClN5O3S/c23-19-5-4-18(32-19)20(29)26-17-10-25-9-15-16(17)12-27(21(15)30)11-13-2-1-3-14(8-13)28-6-7-31-22(28)24/h1-5,8-10,12,24,30H,6-7,11H2,(H,26,29). The predicted octanol–water partition coefficient (Wildman–Crippen LogP) is 4.53. The van der Waals surface area contributed by atoms with Gasteiger partial charge in [0.1, 0.15) is 6.61 Å². The van der Waals surface area contributed by atoms with Crippen LogP contribution >= 0.6 is 22.9 Å². The van der Waals surface area contributed by atoms with Crippen LogP contribution in [0.5, 0.6) is 5.88 Å². The Morgan fingerprint density at radius 1 is 1.28 bits per heavy atom. The molecular weight excluding hydrogens is 450 g/mol. The minimum atomic E-state index is -0.286. The fourth-order valence-corrected chi connectivity index (χ4v) is 4.62. The molecule has 10 heteroatoms. The summed E-state index contributed by atoms with van der Waals surface area (Å²) in [6, 6.07) is 11.2. The number of halogens is 1. The molecule has 32 heavy (non-hydrogen) atoms. The predicted molar refractivity (Wildman–Crippen MR) is 125 cm³/mol. The highest BCUT2D eigenvalue weighted by Gasteiger charge is 2.21. The number of amides is 1. The number of nitrogens with one attached hydrogen (secondary N) is 2. The quantitative estimate of drug-likeness (QED) is 0.400. The van der Waals surface area contributed by atoms with Crippen LogP contribution in [0.3, 0.4) is 0 Å². The van der Waals surface area contributed by atoms with E-state index in [0.717, 1.165) is 11.3 Å². The number of benzene rings is 1. The number of fused-ring (bicyclic) bond motifs is 1. The lowest BCUT2D eigenvalue weighted by molar-refractivity contribution is 0.103. The topological polar surface area (TPSA) is 103 Å². The molecule has 1 aliphatic heterocycles. The summed E-state index contributed by atoms with van der Waals surface area (Å²) >= 11 is 7.13. The highest BCUT2D eigenvalue weighted by molar-refractivity contribution is 7.18. The fraction of sp³-hybridized carbons (Fsp3) is 0.136. The van der Waals surface area contributed by atoms with E-state index in [0.29, 0.717) is 45.4 Å². The number of anilines is 2. The first kappa shape index (κ1) is 20.3. The summed E-state index contributed by atoms with van der Waals surface area (Å²) < 4.78 is 7.47. The molecule has 162 valence electrons. The van der Waals surface area contributed by atoms with Crippen LogP contribution in [-0.2, 0) is 11.3 Å². The van der Waals surface area contributed by atoms with Gasteiger partial charge in [-0.05, 0) is 29.8 Å². The zero-order chi connectivity index (χ0) is 22.2. The lowest BCUT2D eigenvalue weighted by Crippen LogP contribution is -2.24. The number of amidine groups is 1. The second kappa shape index (κ2) is 8.18. The molecule has 0 aliphatic carbocycles. The van der Waals surface area contributed by atoms with Crippen LogP contribution < -0.4 is 10.2 Å². The van der Waals surface area contributed by atoms with Crippen molar-refractivity contribution in [1.82, 2.24) is 9.55 Å². The second-order valence-electron chi connectivity index (χ2n) is 7.26. The van der Waals surface area contributed by atoms with E-state index in [1.54, 1.807) is 40.2 Å². The van der Waals surface area contributed by atoms with Crippen LogP contribution in [0.15, 0.2) is 55.0 Å². The van der Waals surface area contributed by atoms with Crippen molar-refractivity contribution < 1.29 is 14.6 Å². The van der Waals surface area contributed by atoms with Crippen LogP contribution in [-0.4, -0.2) is 39.7 Å². The van der Waals surface area contributed by atoms with Crippen LogP contribution in [0.25, 0.3) is 10.8 Å². The van der Waals surface area contributed by atoms with Gasteiger partial charge in [0, 0.05) is 23.5 Å².